The first kappa shape index (κ1) is 18.9. The summed E-state index contributed by atoms with van der Waals surface area (Å²) in [7, 11) is 0. The van der Waals surface area contributed by atoms with Gasteiger partial charge in [0.25, 0.3) is 5.56 Å². The highest BCUT2D eigenvalue weighted by Gasteiger charge is 2.26. The van der Waals surface area contributed by atoms with E-state index in [0.29, 0.717) is 11.4 Å². The van der Waals surface area contributed by atoms with Crippen molar-refractivity contribution in [3.05, 3.63) is 52.6 Å². The Morgan fingerprint density at radius 2 is 2.04 bits per heavy atom. The number of likely N-dealkylation sites (tertiary alicyclic amines) is 1. The van der Waals surface area contributed by atoms with Crippen LogP contribution >= 0.6 is 11.3 Å². The van der Waals surface area contributed by atoms with Gasteiger partial charge in [0.1, 0.15) is 11.4 Å². The van der Waals surface area contributed by atoms with Gasteiger partial charge in [0.2, 0.25) is 5.91 Å². The third-order valence-electron chi connectivity index (χ3n) is 5.68. The van der Waals surface area contributed by atoms with E-state index >= 15 is 0 Å². The van der Waals surface area contributed by atoms with Gasteiger partial charge in [-0.2, -0.15) is 0 Å². The van der Waals surface area contributed by atoms with Crippen molar-refractivity contribution in [2.24, 2.45) is 0 Å². The molecule has 0 bridgehead atoms. The van der Waals surface area contributed by atoms with E-state index in [1.807, 2.05) is 42.2 Å². The lowest BCUT2D eigenvalue weighted by atomic mass is 10.00. The zero-order valence-corrected chi connectivity index (χ0v) is 17.2. The standard InChI is InChI=1S/C22H25N3O2S/c1-3-17-11-7-8-12-25(17)18(26)13-24-14-23-21-19(22(24)27)15(2)20(28-21)16-9-5-4-6-10-16/h4-6,9-10,14,17H,3,7-8,11-13H2,1-2H3/t17-/m1/s1. The molecule has 1 aliphatic rings. The van der Waals surface area contributed by atoms with Crippen LogP contribution in [-0.2, 0) is 11.3 Å². The molecule has 0 saturated carbocycles. The van der Waals surface area contributed by atoms with E-state index in [1.54, 1.807) is 0 Å². The summed E-state index contributed by atoms with van der Waals surface area (Å²) in [5, 5.41) is 0.629. The van der Waals surface area contributed by atoms with Gasteiger partial charge in [-0.25, -0.2) is 4.98 Å². The second kappa shape index (κ2) is 7.87. The lowest BCUT2D eigenvalue weighted by Crippen LogP contribution is -2.45. The van der Waals surface area contributed by atoms with Gasteiger partial charge in [0, 0.05) is 17.5 Å². The van der Waals surface area contributed by atoms with Gasteiger partial charge >= 0.3 is 0 Å². The number of carbonyl (C=O) groups excluding carboxylic acids is 1. The van der Waals surface area contributed by atoms with Gasteiger partial charge in [-0.3, -0.25) is 14.2 Å². The average molecular weight is 396 g/mol. The molecular formula is C22H25N3O2S. The number of nitrogens with zero attached hydrogens (tertiary/aromatic N) is 3. The molecule has 4 rings (SSSR count). The number of amides is 1. The molecule has 0 aliphatic carbocycles. The smallest absolute Gasteiger partial charge is 0.262 e. The Kier molecular flexibility index (Phi) is 5.31. The summed E-state index contributed by atoms with van der Waals surface area (Å²) in [5.74, 6) is 0.0194. The van der Waals surface area contributed by atoms with Crippen LogP contribution in [0, 0.1) is 6.92 Å². The maximum absolute atomic E-state index is 13.1. The minimum absolute atomic E-state index is 0.0194. The number of thiophene rings is 1. The van der Waals surface area contributed by atoms with E-state index in [4.69, 9.17) is 0 Å². The van der Waals surface area contributed by atoms with Crippen molar-refractivity contribution in [1.82, 2.24) is 14.5 Å². The van der Waals surface area contributed by atoms with Crippen molar-refractivity contribution in [2.45, 2.75) is 52.1 Å². The van der Waals surface area contributed by atoms with Gasteiger partial charge in [-0.05, 0) is 43.7 Å². The number of piperidine rings is 1. The third-order valence-corrected chi connectivity index (χ3v) is 6.93. The average Bonchev–Trinajstić information content (AvgIpc) is 3.07. The number of aryl methyl sites for hydroxylation is 1. The van der Waals surface area contributed by atoms with Crippen LogP contribution in [0.1, 0.15) is 38.2 Å². The lowest BCUT2D eigenvalue weighted by Gasteiger charge is -2.35. The van der Waals surface area contributed by atoms with E-state index in [1.165, 1.54) is 28.7 Å². The topological polar surface area (TPSA) is 55.2 Å². The summed E-state index contributed by atoms with van der Waals surface area (Å²) in [4.78, 5) is 34.2. The number of fused-ring (bicyclic) bond motifs is 1. The van der Waals surface area contributed by atoms with Crippen molar-refractivity contribution in [3.8, 4) is 10.4 Å². The highest BCUT2D eigenvalue weighted by atomic mass is 32.1. The molecule has 1 aromatic carbocycles. The Morgan fingerprint density at radius 1 is 1.25 bits per heavy atom. The van der Waals surface area contributed by atoms with E-state index in [0.717, 1.165) is 46.6 Å². The van der Waals surface area contributed by atoms with E-state index in [9.17, 15) is 9.59 Å². The maximum Gasteiger partial charge on any atom is 0.262 e. The van der Waals surface area contributed by atoms with Crippen molar-refractivity contribution in [1.29, 1.82) is 0 Å². The number of rotatable bonds is 4. The summed E-state index contributed by atoms with van der Waals surface area (Å²) >= 11 is 1.53. The molecule has 6 heteroatoms. The SMILES string of the molecule is CC[C@@H]1CCCCN1C(=O)Cn1cnc2sc(-c3ccccc3)c(C)c2c1=O. The number of carbonyl (C=O) groups is 1. The minimum atomic E-state index is -0.126. The van der Waals surface area contributed by atoms with Crippen LogP contribution in [0.3, 0.4) is 0 Å². The number of hydrogen-bond donors (Lipinski definition) is 0. The maximum atomic E-state index is 13.1. The first-order chi connectivity index (χ1) is 13.6. The van der Waals surface area contributed by atoms with Crippen molar-refractivity contribution in [3.63, 3.8) is 0 Å². The summed E-state index contributed by atoms with van der Waals surface area (Å²) in [6.45, 7) is 4.94. The molecule has 1 amide bonds. The Bertz CT molecular complexity index is 1050. The molecule has 0 N–H and O–H groups in total. The molecule has 1 fully saturated rings. The van der Waals surface area contributed by atoms with E-state index in [-0.39, 0.29) is 18.0 Å². The Hall–Kier alpha value is -2.47. The van der Waals surface area contributed by atoms with Crippen LogP contribution in [0.2, 0.25) is 0 Å². The van der Waals surface area contributed by atoms with Gasteiger partial charge in [0.05, 0.1) is 11.7 Å². The molecule has 5 nitrogen and oxygen atoms in total. The van der Waals surface area contributed by atoms with Crippen LogP contribution in [0.4, 0.5) is 0 Å². The fourth-order valence-corrected chi connectivity index (χ4v) is 5.27. The zero-order chi connectivity index (χ0) is 19.7. The fraction of sp³-hybridized carbons (Fsp3) is 0.409. The molecular weight excluding hydrogens is 370 g/mol. The summed E-state index contributed by atoms with van der Waals surface area (Å²) in [6, 6.07) is 10.3. The Balaban J connectivity index is 1.67. The predicted molar refractivity (Wildman–Crippen MR) is 114 cm³/mol. The van der Waals surface area contributed by atoms with Gasteiger partial charge < -0.3 is 4.90 Å². The van der Waals surface area contributed by atoms with Crippen molar-refractivity contribution < 1.29 is 4.79 Å². The van der Waals surface area contributed by atoms with Crippen LogP contribution < -0.4 is 5.56 Å². The molecule has 1 aliphatic heterocycles. The predicted octanol–water partition coefficient (Wildman–Crippen LogP) is 4.22. The number of benzene rings is 1. The van der Waals surface area contributed by atoms with Gasteiger partial charge in [-0.1, -0.05) is 37.3 Å². The second-order valence-corrected chi connectivity index (χ2v) is 8.42. The normalized spacial score (nSPS) is 17.2. The summed E-state index contributed by atoms with van der Waals surface area (Å²) in [6.07, 6.45) is 5.75. The van der Waals surface area contributed by atoms with E-state index in [2.05, 4.69) is 11.9 Å². The first-order valence-corrected chi connectivity index (χ1v) is 10.7. The van der Waals surface area contributed by atoms with Gasteiger partial charge in [-0.15, -0.1) is 11.3 Å². The number of aromatic nitrogens is 2. The van der Waals surface area contributed by atoms with Crippen molar-refractivity contribution in [2.75, 3.05) is 6.54 Å². The van der Waals surface area contributed by atoms with Gasteiger partial charge in [0.15, 0.2) is 0 Å². The molecule has 1 saturated heterocycles. The molecule has 28 heavy (non-hydrogen) atoms. The summed E-state index contributed by atoms with van der Waals surface area (Å²) in [5.41, 5.74) is 1.90. The number of hydrogen-bond acceptors (Lipinski definition) is 4. The molecule has 146 valence electrons. The Labute approximate surface area is 168 Å². The quantitative estimate of drug-likeness (QED) is 0.664. The first-order valence-electron chi connectivity index (χ1n) is 9.93. The summed E-state index contributed by atoms with van der Waals surface area (Å²) < 4.78 is 1.47. The van der Waals surface area contributed by atoms with Crippen LogP contribution in [0.15, 0.2) is 41.5 Å². The highest BCUT2D eigenvalue weighted by molar-refractivity contribution is 7.22. The molecule has 3 aromatic rings. The molecule has 2 aromatic heterocycles. The second-order valence-electron chi connectivity index (χ2n) is 7.42. The van der Waals surface area contributed by atoms with E-state index < -0.39 is 0 Å². The van der Waals surface area contributed by atoms with Crippen LogP contribution in [-0.4, -0.2) is 32.9 Å². The molecule has 0 unspecified atom stereocenters. The van der Waals surface area contributed by atoms with Crippen LogP contribution in [0.25, 0.3) is 20.7 Å². The molecule has 0 radical (unpaired) electrons. The monoisotopic (exact) mass is 395 g/mol. The fourth-order valence-electron chi connectivity index (χ4n) is 4.13. The minimum Gasteiger partial charge on any atom is -0.338 e. The van der Waals surface area contributed by atoms with Crippen LogP contribution in [0.5, 0.6) is 0 Å². The lowest BCUT2D eigenvalue weighted by molar-refractivity contribution is -0.135. The Morgan fingerprint density at radius 3 is 2.79 bits per heavy atom. The zero-order valence-electron chi connectivity index (χ0n) is 16.4. The molecule has 1 atom stereocenters. The molecule has 3 heterocycles. The highest BCUT2D eigenvalue weighted by Crippen LogP contribution is 2.35. The third kappa shape index (κ3) is 3.37. The van der Waals surface area contributed by atoms with Crippen molar-refractivity contribution >= 4 is 27.5 Å². The molecule has 0 spiro atoms. The largest absolute Gasteiger partial charge is 0.338 e.